The summed E-state index contributed by atoms with van der Waals surface area (Å²) < 4.78 is 5.88. The number of nitrogens with one attached hydrogen (secondary N) is 3. The summed E-state index contributed by atoms with van der Waals surface area (Å²) in [5.74, 6) is 1.58. The first-order valence-corrected chi connectivity index (χ1v) is 10.6. The van der Waals surface area contributed by atoms with Crippen molar-refractivity contribution in [2.24, 2.45) is 4.99 Å². The maximum Gasteiger partial charge on any atom is 0.251 e. The van der Waals surface area contributed by atoms with Crippen LogP contribution in [-0.2, 0) is 6.42 Å². The van der Waals surface area contributed by atoms with Gasteiger partial charge in [-0.3, -0.25) is 9.79 Å². The molecule has 3 N–H and O–H groups in total. The summed E-state index contributed by atoms with van der Waals surface area (Å²) in [4.78, 5) is 16.0. The van der Waals surface area contributed by atoms with Gasteiger partial charge in [0, 0.05) is 32.7 Å². The molecule has 0 atom stereocenters. The predicted octanol–water partition coefficient (Wildman–Crippen LogP) is 3.38. The Morgan fingerprint density at radius 1 is 0.935 bits per heavy atom. The summed E-state index contributed by atoms with van der Waals surface area (Å²) in [5.41, 5.74) is 1.78. The Morgan fingerprint density at radius 3 is 2.55 bits per heavy atom. The molecule has 0 aliphatic rings. The van der Waals surface area contributed by atoms with E-state index in [-0.39, 0.29) is 5.91 Å². The van der Waals surface area contributed by atoms with E-state index in [0.717, 1.165) is 43.2 Å². The lowest BCUT2D eigenvalue weighted by molar-refractivity contribution is 0.0963. The van der Waals surface area contributed by atoms with Crippen LogP contribution in [0, 0.1) is 0 Å². The summed E-state index contributed by atoms with van der Waals surface area (Å²) in [6.45, 7) is 2.12. The molecular weight excluding hydrogens is 388 g/mol. The van der Waals surface area contributed by atoms with Crippen molar-refractivity contribution >= 4 is 22.6 Å². The van der Waals surface area contributed by atoms with E-state index in [4.69, 9.17) is 4.74 Å². The molecule has 1 amide bonds. The second-order valence-corrected chi connectivity index (χ2v) is 7.17. The highest BCUT2D eigenvalue weighted by atomic mass is 16.5. The standard InChI is InChI=1S/C25H30N4O2/c1-26-24(30)22-10-5-7-19(17-22)13-15-29-25(27-2)28-14-6-16-31-23-12-11-20-8-3-4-9-21(20)18-23/h3-5,7-12,17-18H,6,13-16H2,1-2H3,(H,26,30)(H2,27,28,29). The highest BCUT2D eigenvalue weighted by molar-refractivity contribution is 5.94. The van der Waals surface area contributed by atoms with Crippen molar-refractivity contribution in [1.82, 2.24) is 16.0 Å². The largest absolute Gasteiger partial charge is 0.494 e. The fourth-order valence-electron chi connectivity index (χ4n) is 3.28. The first kappa shape index (κ1) is 22.2. The number of ether oxygens (including phenoxy) is 1. The molecule has 0 saturated heterocycles. The minimum atomic E-state index is -0.0711. The topological polar surface area (TPSA) is 74.8 Å². The molecule has 0 heterocycles. The summed E-state index contributed by atoms with van der Waals surface area (Å²) in [6, 6.07) is 22.1. The molecule has 162 valence electrons. The van der Waals surface area contributed by atoms with Crippen molar-refractivity contribution in [2.75, 3.05) is 33.8 Å². The summed E-state index contributed by atoms with van der Waals surface area (Å²) in [5, 5.41) is 11.7. The SMILES string of the molecule is CN=C(NCCCOc1ccc2ccccc2c1)NCCc1cccc(C(=O)NC)c1. The maximum absolute atomic E-state index is 11.7. The van der Waals surface area contributed by atoms with Gasteiger partial charge in [-0.05, 0) is 53.4 Å². The van der Waals surface area contributed by atoms with Crippen LogP contribution in [-0.4, -0.2) is 45.7 Å². The molecule has 6 nitrogen and oxygen atoms in total. The third kappa shape index (κ3) is 6.74. The minimum absolute atomic E-state index is 0.0711. The Bertz CT molecular complexity index is 1030. The molecule has 6 heteroatoms. The molecule has 0 fully saturated rings. The number of guanidine groups is 1. The molecule has 0 aromatic heterocycles. The highest BCUT2D eigenvalue weighted by Crippen LogP contribution is 2.20. The molecule has 0 aliphatic carbocycles. The van der Waals surface area contributed by atoms with E-state index in [1.54, 1.807) is 14.1 Å². The fraction of sp³-hybridized carbons (Fsp3) is 0.280. The van der Waals surface area contributed by atoms with Crippen LogP contribution in [0.2, 0.25) is 0 Å². The minimum Gasteiger partial charge on any atom is -0.494 e. The van der Waals surface area contributed by atoms with Gasteiger partial charge in [0.1, 0.15) is 5.75 Å². The van der Waals surface area contributed by atoms with Crippen LogP contribution in [0.5, 0.6) is 5.75 Å². The summed E-state index contributed by atoms with van der Waals surface area (Å²) in [6.07, 6.45) is 1.66. The van der Waals surface area contributed by atoms with E-state index in [1.165, 1.54) is 10.8 Å². The van der Waals surface area contributed by atoms with Crippen molar-refractivity contribution in [3.8, 4) is 5.75 Å². The van der Waals surface area contributed by atoms with Gasteiger partial charge in [0.15, 0.2) is 5.96 Å². The number of nitrogens with zero attached hydrogens (tertiary/aromatic N) is 1. The van der Waals surface area contributed by atoms with Gasteiger partial charge in [-0.1, -0.05) is 42.5 Å². The van der Waals surface area contributed by atoms with E-state index < -0.39 is 0 Å². The van der Waals surface area contributed by atoms with Crippen LogP contribution in [0.25, 0.3) is 10.8 Å². The van der Waals surface area contributed by atoms with Crippen LogP contribution in [0.15, 0.2) is 71.7 Å². The van der Waals surface area contributed by atoms with Crippen molar-refractivity contribution in [3.05, 3.63) is 77.9 Å². The molecule has 31 heavy (non-hydrogen) atoms. The smallest absolute Gasteiger partial charge is 0.251 e. The number of benzene rings is 3. The van der Waals surface area contributed by atoms with E-state index >= 15 is 0 Å². The molecule has 3 aromatic rings. The third-order valence-electron chi connectivity index (χ3n) is 4.95. The number of amides is 1. The number of rotatable bonds is 9. The molecule has 0 bridgehead atoms. The fourth-order valence-corrected chi connectivity index (χ4v) is 3.28. The Balaban J connectivity index is 1.35. The molecule has 3 aromatic carbocycles. The lowest BCUT2D eigenvalue weighted by Gasteiger charge is -2.13. The number of fused-ring (bicyclic) bond motifs is 1. The van der Waals surface area contributed by atoms with Crippen LogP contribution < -0.4 is 20.7 Å². The Hall–Kier alpha value is -3.54. The van der Waals surface area contributed by atoms with Gasteiger partial charge < -0.3 is 20.7 Å². The lowest BCUT2D eigenvalue weighted by atomic mass is 10.1. The summed E-state index contributed by atoms with van der Waals surface area (Å²) in [7, 11) is 3.40. The zero-order chi connectivity index (χ0) is 21.9. The Kier molecular flexibility index (Phi) is 8.29. The lowest BCUT2D eigenvalue weighted by Crippen LogP contribution is -2.39. The second-order valence-electron chi connectivity index (χ2n) is 7.17. The molecule has 0 aliphatic heterocycles. The van der Waals surface area contributed by atoms with Crippen LogP contribution >= 0.6 is 0 Å². The van der Waals surface area contributed by atoms with Gasteiger partial charge >= 0.3 is 0 Å². The number of hydrogen-bond donors (Lipinski definition) is 3. The van der Waals surface area contributed by atoms with E-state index in [0.29, 0.717) is 12.2 Å². The second kappa shape index (κ2) is 11.6. The third-order valence-corrected chi connectivity index (χ3v) is 4.95. The van der Waals surface area contributed by atoms with Crippen LogP contribution in [0.1, 0.15) is 22.3 Å². The van der Waals surface area contributed by atoms with Gasteiger partial charge in [-0.2, -0.15) is 0 Å². The Morgan fingerprint density at radius 2 is 1.74 bits per heavy atom. The zero-order valence-corrected chi connectivity index (χ0v) is 18.2. The Labute approximate surface area is 183 Å². The van der Waals surface area contributed by atoms with Gasteiger partial charge in [-0.15, -0.1) is 0 Å². The van der Waals surface area contributed by atoms with E-state index in [2.05, 4.69) is 45.2 Å². The molecule has 3 rings (SSSR count). The summed E-state index contributed by atoms with van der Waals surface area (Å²) >= 11 is 0. The predicted molar refractivity (Wildman–Crippen MR) is 127 cm³/mol. The van der Waals surface area contributed by atoms with E-state index in [1.807, 2.05) is 42.5 Å². The number of carbonyl (C=O) groups is 1. The van der Waals surface area contributed by atoms with Crippen molar-refractivity contribution in [2.45, 2.75) is 12.8 Å². The van der Waals surface area contributed by atoms with E-state index in [9.17, 15) is 4.79 Å². The first-order valence-electron chi connectivity index (χ1n) is 10.6. The highest BCUT2D eigenvalue weighted by Gasteiger charge is 2.04. The molecule has 0 unspecified atom stereocenters. The van der Waals surface area contributed by atoms with Crippen molar-refractivity contribution < 1.29 is 9.53 Å². The number of hydrogen-bond acceptors (Lipinski definition) is 3. The number of aliphatic imine (C=N–C) groups is 1. The number of carbonyl (C=O) groups excluding carboxylic acids is 1. The molecule has 0 radical (unpaired) electrons. The maximum atomic E-state index is 11.7. The molecule has 0 spiro atoms. The van der Waals surface area contributed by atoms with Crippen LogP contribution in [0.3, 0.4) is 0 Å². The van der Waals surface area contributed by atoms with Gasteiger partial charge in [0.05, 0.1) is 6.61 Å². The van der Waals surface area contributed by atoms with Crippen molar-refractivity contribution in [3.63, 3.8) is 0 Å². The van der Waals surface area contributed by atoms with Crippen LogP contribution in [0.4, 0.5) is 0 Å². The normalized spacial score (nSPS) is 11.2. The first-order chi connectivity index (χ1) is 15.2. The van der Waals surface area contributed by atoms with Gasteiger partial charge in [0.25, 0.3) is 5.91 Å². The molecular formula is C25H30N4O2. The quantitative estimate of drug-likeness (QED) is 0.283. The average Bonchev–Trinajstić information content (AvgIpc) is 2.82. The molecule has 0 saturated carbocycles. The van der Waals surface area contributed by atoms with Crippen molar-refractivity contribution in [1.29, 1.82) is 0 Å². The zero-order valence-electron chi connectivity index (χ0n) is 18.2. The van der Waals surface area contributed by atoms with Gasteiger partial charge in [0.2, 0.25) is 0 Å². The van der Waals surface area contributed by atoms with Gasteiger partial charge in [-0.25, -0.2) is 0 Å². The average molecular weight is 419 g/mol. The monoisotopic (exact) mass is 418 g/mol.